The predicted molar refractivity (Wildman–Crippen MR) is 63.1 cm³/mol. The molecule has 0 spiro atoms. The summed E-state index contributed by atoms with van der Waals surface area (Å²) in [5, 5.41) is 2.15. The van der Waals surface area contributed by atoms with Crippen LogP contribution in [0.5, 0.6) is 0 Å². The maximum absolute atomic E-state index is 5.73. The largest absolute Gasteiger partial charge is 0.295 e. The molecule has 1 aliphatic rings. The highest BCUT2D eigenvalue weighted by molar-refractivity contribution is 7.09. The quantitative estimate of drug-likeness (QED) is 0.677. The summed E-state index contributed by atoms with van der Waals surface area (Å²) in [4.78, 5) is 4.06. The molecule has 0 N–H and O–H groups in total. The van der Waals surface area contributed by atoms with Crippen LogP contribution >= 0.6 is 22.9 Å². The molecule has 78 valence electrons. The van der Waals surface area contributed by atoms with Crippen LogP contribution in [0.1, 0.15) is 24.1 Å². The number of hydrogen-bond donors (Lipinski definition) is 0. The molecule has 1 aromatic rings. The van der Waals surface area contributed by atoms with Gasteiger partial charge in [-0.15, -0.1) is 22.9 Å². The monoisotopic (exact) mass is 229 g/mol. The fourth-order valence-electron chi connectivity index (χ4n) is 1.70. The van der Waals surface area contributed by atoms with Crippen molar-refractivity contribution < 1.29 is 0 Å². The SMILES string of the molecule is ClCCCN(Cc1cccs1)C1CC1. The average Bonchev–Trinajstić information content (AvgIpc) is 2.92. The standard InChI is InChI=1S/C11H16ClNS/c12-6-2-7-13(10-4-5-10)9-11-3-1-8-14-11/h1,3,8,10H,2,4-7,9H2. The molecule has 1 aromatic heterocycles. The molecular weight excluding hydrogens is 214 g/mol. The molecule has 0 saturated heterocycles. The van der Waals surface area contributed by atoms with E-state index in [0.29, 0.717) is 0 Å². The Morgan fingerprint density at radius 1 is 1.50 bits per heavy atom. The highest BCUT2D eigenvalue weighted by Gasteiger charge is 2.28. The molecule has 1 aliphatic carbocycles. The van der Waals surface area contributed by atoms with Crippen LogP contribution in [0.15, 0.2) is 17.5 Å². The Morgan fingerprint density at radius 2 is 2.36 bits per heavy atom. The summed E-state index contributed by atoms with van der Waals surface area (Å²) in [6.45, 7) is 2.28. The van der Waals surface area contributed by atoms with Gasteiger partial charge in [-0.2, -0.15) is 0 Å². The zero-order valence-corrected chi connectivity index (χ0v) is 9.86. The molecule has 0 bridgehead atoms. The maximum Gasteiger partial charge on any atom is 0.0330 e. The van der Waals surface area contributed by atoms with E-state index in [1.807, 2.05) is 11.3 Å². The first kappa shape index (κ1) is 10.5. The van der Waals surface area contributed by atoms with Crippen LogP contribution in [0, 0.1) is 0 Å². The fourth-order valence-corrected chi connectivity index (χ4v) is 2.54. The summed E-state index contributed by atoms with van der Waals surface area (Å²) < 4.78 is 0. The van der Waals surface area contributed by atoms with Crippen molar-refractivity contribution in [3.63, 3.8) is 0 Å². The highest BCUT2D eigenvalue weighted by atomic mass is 35.5. The lowest BCUT2D eigenvalue weighted by atomic mass is 10.3. The molecule has 1 fully saturated rings. The molecular formula is C11H16ClNS. The smallest absolute Gasteiger partial charge is 0.0330 e. The third-order valence-corrected chi connectivity index (χ3v) is 3.71. The van der Waals surface area contributed by atoms with Crippen LogP contribution in [0.25, 0.3) is 0 Å². The number of thiophene rings is 1. The maximum atomic E-state index is 5.73. The van der Waals surface area contributed by atoms with Crippen molar-refractivity contribution in [1.29, 1.82) is 0 Å². The Bertz CT molecular complexity index is 256. The van der Waals surface area contributed by atoms with Gasteiger partial charge in [0.15, 0.2) is 0 Å². The van der Waals surface area contributed by atoms with Crippen molar-refractivity contribution in [2.75, 3.05) is 12.4 Å². The van der Waals surface area contributed by atoms with Crippen molar-refractivity contribution in [3.05, 3.63) is 22.4 Å². The number of halogens is 1. The van der Waals surface area contributed by atoms with E-state index in [1.165, 1.54) is 17.7 Å². The van der Waals surface area contributed by atoms with Crippen molar-refractivity contribution in [2.24, 2.45) is 0 Å². The Hall–Kier alpha value is -0.0500. The summed E-state index contributed by atoms with van der Waals surface area (Å²) in [7, 11) is 0. The lowest BCUT2D eigenvalue weighted by Crippen LogP contribution is -2.26. The number of hydrogen-bond acceptors (Lipinski definition) is 2. The first-order chi connectivity index (χ1) is 6.90. The van der Waals surface area contributed by atoms with Crippen molar-refractivity contribution in [3.8, 4) is 0 Å². The third-order valence-electron chi connectivity index (χ3n) is 2.58. The lowest BCUT2D eigenvalue weighted by Gasteiger charge is -2.20. The Morgan fingerprint density at radius 3 is 2.93 bits per heavy atom. The van der Waals surface area contributed by atoms with Gasteiger partial charge in [0.2, 0.25) is 0 Å². The van der Waals surface area contributed by atoms with Gasteiger partial charge in [0.25, 0.3) is 0 Å². The summed E-state index contributed by atoms with van der Waals surface area (Å²) in [5.41, 5.74) is 0. The van der Waals surface area contributed by atoms with E-state index in [4.69, 9.17) is 11.6 Å². The second kappa shape index (κ2) is 5.15. The second-order valence-corrected chi connectivity index (χ2v) is 5.23. The van der Waals surface area contributed by atoms with Crippen LogP contribution < -0.4 is 0 Å². The molecule has 14 heavy (non-hydrogen) atoms. The molecule has 0 amide bonds. The number of rotatable bonds is 6. The molecule has 0 radical (unpaired) electrons. The van der Waals surface area contributed by atoms with Crippen molar-refractivity contribution >= 4 is 22.9 Å². The van der Waals surface area contributed by atoms with Gasteiger partial charge in [-0.1, -0.05) is 6.07 Å². The summed E-state index contributed by atoms with van der Waals surface area (Å²) in [6, 6.07) is 5.20. The van der Waals surface area contributed by atoms with E-state index in [0.717, 1.165) is 31.4 Å². The van der Waals surface area contributed by atoms with E-state index in [2.05, 4.69) is 22.4 Å². The lowest BCUT2D eigenvalue weighted by molar-refractivity contribution is 0.258. The minimum absolute atomic E-state index is 0.785. The van der Waals surface area contributed by atoms with Gasteiger partial charge >= 0.3 is 0 Å². The first-order valence-corrected chi connectivity index (χ1v) is 6.64. The zero-order chi connectivity index (χ0) is 9.80. The molecule has 0 unspecified atom stereocenters. The van der Waals surface area contributed by atoms with Crippen molar-refractivity contribution in [1.82, 2.24) is 4.90 Å². The molecule has 1 nitrogen and oxygen atoms in total. The summed E-state index contributed by atoms with van der Waals surface area (Å²) in [6.07, 6.45) is 3.88. The topological polar surface area (TPSA) is 3.24 Å². The summed E-state index contributed by atoms with van der Waals surface area (Å²) >= 11 is 7.58. The minimum Gasteiger partial charge on any atom is -0.295 e. The van der Waals surface area contributed by atoms with E-state index < -0.39 is 0 Å². The van der Waals surface area contributed by atoms with Gasteiger partial charge < -0.3 is 0 Å². The van der Waals surface area contributed by atoms with Gasteiger partial charge in [0.1, 0.15) is 0 Å². The van der Waals surface area contributed by atoms with E-state index in [9.17, 15) is 0 Å². The zero-order valence-electron chi connectivity index (χ0n) is 8.29. The molecule has 0 atom stereocenters. The van der Waals surface area contributed by atoms with Crippen LogP contribution in [0.3, 0.4) is 0 Å². The van der Waals surface area contributed by atoms with E-state index in [1.54, 1.807) is 0 Å². The van der Waals surface area contributed by atoms with Gasteiger partial charge in [-0.25, -0.2) is 0 Å². The van der Waals surface area contributed by atoms with E-state index in [-0.39, 0.29) is 0 Å². The van der Waals surface area contributed by atoms with Gasteiger partial charge in [-0.05, 0) is 37.3 Å². The normalized spacial score (nSPS) is 16.4. The first-order valence-electron chi connectivity index (χ1n) is 5.22. The number of nitrogens with zero attached hydrogens (tertiary/aromatic N) is 1. The Kier molecular flexibility index (Phi) is 3.85. The van der Waals surface area contributed by atoms with E-state index >= 15 is 0 Å². The van der Waals surface area contributed by atoms with Crippen LogP contribution in [-0.4, -0.2) is 23.4 Å². The van der Waals surface area contributed by atoms with Gasteiger partial charge in [0.05, 0.1) is 0 Å². The Balaban J connectivity index is 1.84. The molecule has 0 aliphatic heterocycles. The Labute approximate surface area is 94.7 Å². The number of alkyl halides is 1. The van der Waals surface area contributed by atoms with Gasteiger partial charge in [-0.3, -0.25) is 4.90 Å². The molecule has 3 heteroatoms. The molecule has 1 saturated carbocycles. The molecule has 0 aromatic carbocycles. The highest BCUT2D eigenvalue weighted by Crippen LogP contribution is 2.29. The van der Waals surface area contributed by atoms with Gasteiger partial charge in [0, 0.05) is 23.3 Å². The fraction of sp³-hybridized carbons (Fsp3) is 0.636. The van der Waals surface area contributed by atoms with Crippen LogP contribution in [0.2, 0.25) is 0 Å². The average molecular weight is 230 g/mol. The predicted octanol–water partition coefficient (Wildman–Crippen LogP) is 3.34. The molecule has 2 rings (SSSR count). The minimum atomic E-state index is 0.785. The second-order valence-electron chi connectivity index (χ2n) is 3.82. The van der Waals surface area contributed by atoms with Crippen LogP contribution in [-0.2, 0) is 6.54 Å². The van der Waals surface area contributed by atoms with Crippen LogP contribution in [0.4, 0.5) is 0 Å². The summed E-state index contributed by atoms with van der Waals surface area (Å²) in [5.74, 6) is 0.785. The van der Waals surface area contributed by atoms with Crippen molar-refractivity contribution in [2.45, 2.75) is 31.8 Å². The molecule has 1 heterocycles. The third kappa shape index (κ3) is 2.97.